The number of amides is 1. The first-order valence-corrected chi connectivity index (χ1v) is 8.05. The van der Waals surface area contributed by atoms with Crippen molar-refractivity contribution in [2.45, 2.75) is 59.3 Å². The predicted octanol–water partition coefficient (Wildman–Crippen LogP) is 3.58. The van der Waals surface area contributed by atoms with Crippen molar-refractivity contribution in [1.82, 2.24) is 10.2 Å². The molecule has 0 spiro atoms. The summed E-state index contributed by atoms with van der Waals surface area (Å²) >= 11 is 0. The van der Waals surface area contributed by atoms with Gasteiger partial charge in [-0.1, -0.05) is 58.0 Å². The molecule has 1 aromatic carbocycles. The number of nitrogens with one attached hydrogen (secondary N) is 1. The number of nitrogens with zero attached hydrogens (tertiary/aromatic N) is 1. The molecule has 1 aromatic rings. The highest BCUT2D eigenvalue weighted by Crippen LogP contribution is 2.31. The summed E-state index contributed by atoms with van der Waals surface area (Å²) in [6.07, 6.45) is 1.03. The van der Waals surface area contributed by atoms with E-state index in [9.17, 15) is 4.79 Å². The first-order chi connectivity index (χ1) is 9.91. The van der Waals surface area contributed by atoms with Crippen LogP contribution >= 0.6 is 0 Å². The highest BCUT2D eigenvalue weighted by molar-refractivity contribution is 5.85. The van der Waals surface area contributed by atoms with Crippen LogP contribution in [0.3, 0.4) is 0 Å². The maximum absolute atomic E-state index is 12.8. The molecule has 0 bridgehead atoms. The van der Waals surface area contributed by atoms with Crippen LogP contribution in [0.4, 0.5) is 0 Å². The molecule has 1 aliphatic heterocycles. The van der Waals surface area contributed by atoms with Crippen LogP contribution in [0.5, 0.6) is 0 Å². The van der Waals surface area contributed by atoms with E-state index in [0.717, 1.165) is 6.42 Å². The number of rotatable bonds is 5. The number of carbonyl (C=O) groups is 1. The average Bonchev–Trinajstić information content (AvgIpc) is 2.77. The van der Waals surface area contributed by atoms with Gasteiger partial charge in [-0.2, -0.15) is 0 Å². The SMILES string of the molecule is CC(C)CC(C)N1C(=O)C(C(C)C)NC1c1ccccc1. The highest BCUT2D eigenvalue weighted by atomic mass is 16.2. The summed E-state index contributed by atoms with van der Waals surface area (Å²) in [6, 6.07) is 10.5. The van der Waals surface area contributed by atoms with Gasteiger partial charge in [0.1, 0.15) is 6.17 Å². The molecule has 0 aliphatic carbocycles. The van der Waals surface area contributed by atoms with Crippen LogP contribution in [0.25, 0.3) is 0 Å². The predicted molar refractivity (Wildman–Crippen MR) is 86.7 cm³/mol. The van der Waals surface area contributed by atoms with Crippen LogP contribution in [0.1, 0.15) is 52.8 Å². The molecule has 0 aromatic heterocycles. The van der Waals surface area contributed by atoms with Gasteiger partial charge < -0.3 is 4.90 Å². The zero-order valence-electron chi connectivity index (χ0n) is 13.8. The van der Waals surface area contributed by atoms with Crippen LogP contribution in [-0.2, 0) is 4.79 Å². The Morgan fingerprint density at radius 1 is 1.10 bits per heavy atom. The molecule has 1 fully saturated rings. The fourth-order valence-electron chi connectivity index (χ4n) is 3.25. The molecule has 21 heavy (non-hydrogen) atoms. The quantitative estimate of drug-likeness (QED) is 0.898. The minimum absolute atomic E-state index is 0.000139. The molecule has 3 atom stereocenters. The van der Waals surface area contributed by atoms with Crippen molar-refractivity contribution in [1.29, 1.82) is 0 Å². The van der Waals surface area contributed by atoms with Gasteiger partial charge in [-0.25, -0.2) is 0 Å². The molecule has 1 aliphatic rings. The van der Waals surface area contributed by atoms with Crippen molar-refractivity contribution < 1.29 is 4.79 Å². The lowest BCUT2D eigenvalue weighted by molar-refractivity contribution is -0.133. The van der Waals surface area contributed by atoms with E-state index in [1.807, 2.05) is 18.2 Å². The van der Waals surface area contributed by atoms with Gasteiger partial charge in [0.15, 0.2) is 0 Å². The summed E-state index contributed by atoms with van der Waals surface area (Å²) in [4.78, 5) is 14.9. The van der Waals surface area contributed by atoms with Gasteiger partial charge in [0.05, 0.1) is 6.04 Å². The Labute approximate surface area is 128 Å². The zero-order chi connectivity index (χ0) is 15.6. The second-order valence-electron chi connectivity index (χ2n) is 6.93. The molecule has 1 heterocycles. The summed E-state index contributed by atoms with van der Waals surface area (Å²) in [5.41, 5.74) is 1.17. The Balaban J connectivity index is 2.29. The third kappa shape index (κ3) is 3.46. The molecule has 116 valence electrons. The molecule has 1 amide bonds. The largest absolute Gasteiger partial charge is 0.319 e. The van der Waals surface area contributed by atoms with Gasteiger partial charge in [-0.15, -0.1) is 0 Å². The van der Waals surface area contributed by atoms with Gasteiger partial charge in [0.2, 0.25) is 5.91 Å². The monoisotopic (exact) mass is 288 g/mol. The Morgan fingerprint density at radius 2 is 1.71 bits per heavy atom. The van der Waals surface area contributed by atoms with Crippen molar-refractivity contribution in [3.05, 3.63) is 35.9 Å². The maximum Gasteiger partial charge on any atom is 0.241 e. The highest BCUT2D eigenvalue weighted by Gasteiger charge is 2.42. The fourth-order valence-corrected chi connectivity index (χ4v) is 3.25. The van der Waals surface area contributed by atoms with Crippen molar-refractivity contribution in [2.24, 2.45) is 11.8 Å². The van der Waals surface area contributed by atoms with Gasteiger partial charge in [-0.05, 0) is 30.7 Å². The maximum atomic E-state index is 12.8. The molecule has 2 rings (SSSR count). The third-order valence-corrected chi connectivity index (χ3v) is 4.21. The van der Waals surface area contributed by atoms with Crippen molar-refractivity contribution in [2.75, 3.05) is 0 Å². The van der Waals surface area contributed by atoms with Crippen LogP contribution in [0.15, 0.2) is 30.3 Å². The number of carbonyl (C=O) groups excluding carboxylic acids is 1. The topological polar surface area (TPSA) is 32.3 Å². The molecular formula is C18H28N2O. The van der Waals surface area contributed by atoms with E-state index in [-0.39, 0.29) is 24.2 Å². The van der Waals surface area contributed by atoms with Gasteiger partial charge >= 0.3 is 0 Å². The van der Waals surface area contributed by atoms with Crippen LogP contribution < -0.4 is 5.32 Å². The second kappa shape index (κ2) is 6.61. The molecule has 0 radical (unpaired) electrons. The number of hydrogen-bond acceptors (Lipinski definition) is 2. The summed E-state index contributed by atoms with van der Waals surface area (Å²) < 4.78 is 0. The lowest BCUT2D eigenvalue weighted by Gasteiger charge is -2.31. The molecule has 0 saturated carbocycles. The van der Waals surface area contributed by atoms with Crippen molar-refractivity contribution in [3.63, 3.8) is 0 Å². The minimum Gasteiger partial charge on any atom is -0.319 e. The zero-order valence-corrected chi connectivity index (χ0v) is 13.8. The van der Waals surface area contributed by atoms with E-state index in [0.29, 0.717) is 11.8 Å². The minimum atomic E-state index is -0.0789. The first-order valence-electron chi connectivity index (χ1n) is 8.05. The van der Waals surface area contributed by atoms with E-state index in [2.05, 4.69) is 57.0 Å². The Kier molecular flexibility index (Phi) is 5.04. The van der Waals surface area contributed by atoms with Gasteiger partial charge in [-0.3, -0.25) is 10.1 Å². The lowest BCUT2D eigenvalue weighted by Crippen LogP contribution is -2.40. The molecule has 1 saturated heterocycles. The van der Waals surface area contributed by atoms with Gasteiger partial charge in [0.25, 0.3) is 0 Å². The van der Waals surface area contributed by atoms with E-state index >= 15 is 0 Å². The summed E-state index contributed by atoms with van der Waals surface area (Å²) in [6.45, 7) is 10.8. The van der Waals surface area contributed by atoms with Crippen LogP contribution in [0, 0.1) is 11.8 Å². The average molecular weight is 288 g/mol. The summed E-state index contributed by atoms with van der Waals surface area (Å²) in [5, 5.41) is 3.54. The van der Waals surface area contributed by atoms with Gasteiger partial charge in [0, 0.05) is 6.04 Å². The molecule has 3 nitrogen and oxygen atoms in total. The normalized spacial score (nSPS) is 24.1. The lowest BCUT2D eigenvalue weighted by atomic mass is 10.0. The number of benzene rings is 1. The van der Waals surface area contributed by atoms with Crippen LogP contribution in [0.2, 0.25) is 0 Å². The van der Waals surface area contributed by atoms with E-state index in [1.54, 1.807) is 0 Å². The fraction of sp³-hybridized carbons (Fsp3) is 0.611. The van der Waals surface area contributed by atoms with E-state index in [4.69, 9.17) is 0 Å². The number of hydrogen-bond donors (Lipinski definition) is 1. The first kappa shape index (κ1) is 16.0. The molecule has 3 unspecified atom stereocenters. The summed E-state index contributed by atoms with van der Waals surface area (Å²) in [5.74, 6) is 1.13. The Bertz CT molecular complexity index is 469. The van der Waals surface area contributed by atoms with Crippen LogP contribution in [-0.4, -0.2) is 22.9 Å². The molecule has 3 heteroatoms. The smallest absolute Gasteiger partial charge is 0.241 e. The van der Waals surface area contributed by atoms with E-state index in [1.165, 1.54) is 5.56 Å². The standard InChI is InChI=1S/C18H28N2O/c1-12(2)11-14(5)20-17(15-9-7-6-8-10-15)19-16(13(3)4)18(20)21/h6-10,12-14,16-17,19H,11H2,1-5H3. The summed E-state index contributed by atoms with van der Waals surface area (Å²) in [7, 11) is 0. The van der Waals surface area contributed by atoms with Crippen molar-refractivity contribution in [3.8, 4) is 0 Å². The van der Waals surface area contributed by atoms with E-state index < -0.39 is 0 Å². The molecular weight excluding hydrogens is 260 g/mol. The third-order valence-electron chi connectivity index (χ3n) is 4.21. The van der Waals surface area contributed by atoms with Crippen molar-refractivity contribution >= 4 is 5.91 Å². The second-order valence-corrected chi connectivity index (χ2v) is 6.93. The molecule has 1 N–H and O–H groups in total. The Hall–Kier alpha value is -1.35. The Morgan fingerprint density at radius 3 is 2.24 bits per heavy atom.